The summed E-state index contributed by atoms with van der Waals surface area (Å²) >= 11 is 0. The standard InChI is InChI=1S/C10H21NO2/c1-8(2)5-11-6-9-7-12-10(3,4)13-9/h8-9,11H,5-7H2,1-4H3/t9-/m1/s1. The molecule has 78 valence electrons. The fourth-order valence-electron chi connectivity index (χ4n) is 1.40. The van der Waals surface area contributed by atoms with Gasteiger partial charge in [0.1, 0.15) is 0 Å². The summed E-state index contributed by atoms with van der Waals surface area (Å²) in [6.45, 7) is 10.9. The molecule has 1 N–H and O–H groups in total. The van der Waals surface area contributed by atoms with Gasteiger partial charge in [-0.3, -0.25) is 0 Å². The van der Waals surface area contributed by atoms with Crippen molar-refractivity contribution in [2.24, 2.45) is 5.92 Å². The topological polar surface area (TPSA) is 30.5 Å². The first-order chi connectivity index (χ1) is 5.99. The minimum atomic E-state index is -0.385. The van der Waals surface area contributed by atoms with Crippen LogP contribution in [0.1, 0.15) is 27.7 Å². The normalized spacial score (nSPS) is 27.0. The molecule has 1 heterocycles. The number of nitrogens with one attached hydrogen (secondary N) is 1. The smallest absolute Gasteiger partial charge is 0.163 e. The summed E-state index contributed by atoms with van der Waals surface area (Å²) in [5.41, 5.74) is 0. The molecule has 0 radical (unpaired) electrons. The summed E-state index contributed by atoms with van der Waals surface area (Å²) in [7, 11) is 0. The molecule has 1 atom stereocenters. The highest BCUT2D eigenvalue weighted by atomic mass is 16.7. The maximum Gasteiger partial charge on any atom is 0.163 e. The van der Waals surface area contributed by atoms with Crippen molar-refractivity contribution in [2.75, 3.05) is 19.7 Å². The van der Waals surface area contributed by atoms with Crippen LogP contribution >= 0.6 is 0 Å². The molecular weight excluding hydrogens is 166 g/mol. The Morgan fingerprint density at radius 2 is 2.15 bits per heavy atom. The molecule has 0 aromatic heterocycles. The zero-order chi connectivity index (χ0) is 9.90. The van der Waals surface area contributed by atoms with E-state index in [0.717, 1.165) is 13.1 Å². The van der Waals surface area contributed by atoms with E-state index >= 15 is 0 Å². The van der Waals surface area contributed by atoms with E-state index in [0.29, 0.717) is 12.5 Å². The highest BCUT2D eigenvalue weighted by Gasteiger charge is 2.32. The number of hydrogen-bond donors (Lipinski definition) is 1. The van der Waals surface area contributed by atoms with Crippen LogP contribution in [0.25, 0.3) is 0 Å². The summed E-state index contributed by atoms with van der Waals surface area (Å²) in [5.74, 6) is 0.305. The van der Waals surface area contributed by atoms with Gasteiger partial charge in [0.15, 0.2) is 5.79 Å². The Kier molecular flexibility index (Phi) is 3.71. The molecule has 0 amide bonds. The monoisotopic (exact) mass is 187 g/mol. The maximum absolute atomic E-state index is 5.65. The molecule has 0 unspecified atom stereocenters. The predicted octanol–water partition coefficient (Wildman–Crippen LogP) is 1.38. The predicted molar refractivity (Wildman–Crippen MR) is 52.6 cm³/mol. The lowest BCUT2D eigenvalue weighted by Gasteiger charge is -2.17. The van der Waals surface area contributed by atoms with Gasteiger partial charge in [-0.15, -0.1) is 0 Å². The van der Waals surface area contributed by atoms with E-state index in [1.807, 2.05) is 13.8 Å². The molecule has 13 heavy (non-hydrogen) atoms. The van der Waals surface area contributed by atoms with Crippen LogP contribution in [0, 0.1) is 5.92 Å². The SMILES string of the molecule is CC(C)CNC[C@@H]1COC(C)(C)O1. The van der Waals surface area contributed by atoms with Crippen LogP contribution in [0.15, 0.2) is 0 Å². The molecule has 1 fully saturated rings. The molecule has 0 aliphatic carbocycles. The van der Waals surface area contributed by atoms with Crippen LogP contribution < -0.4 is 5.32 Å². The summed E-state index contributed by atoms with van der Waals surface area (Å²) in [4.78, 5) is 0. The maximum atomic E-state index is 5.65. The Morgan fingerprint density at radius 3 is 2.62 bits per heavy atom. The first kappa shape index (κ1) is 11.0. The lowest BCUT2D eigenvalue weighted by Crippen LogP contribution is -2.32. The van der Waals surface area contributed by atoms with E-state index < -0.39 is 0 Å². The van der Waals surface area contributed by atoms with Gasteiger partial charge in [-0.25, -0.2) is 0 Å². The molecular formula is C10H21NO2. The Morgan fingerprint density at radius 1 is 1.46 bits per heavy atom. The Balaban J connectivity index is 2.11. The fraction of sp³-hybridized carbons (Fsp3) is 1.00. The summed E-state index contributed by atoms with van der Waals surface area (Å²) in [6.07, 6.45) is 0.216. The zero-order valence-corrected chi connectivity index (χ0v) is 9.09. The minimum Gasteiger partial charge on any atom is -0.348 e. The Hall–Kier alpha value is -0.120. The van der Waals surface area contributed by atoms with E-state index in [4.69, 9.17) is 9.47 Å². The van der Waals surface area contributed by atoms with Crippen molar-refractivity contribution in [2.45, 2.75) is 39.6 Å². The molecule has 1 saturated heterocycles. The van der Waals surface area contributed by atoms with Gasteiger partial charge in [0.05, 0.1) is 12.7 Å². The number of hydrogen-bond acceptors (Lipinski definition) is 3. The summed E-state index contributed by atoms with van der Waals surface area (Å²) in [6, 6.07) is 0. The van der Waals surface area contributed by atoms with Crippen molar-refractivity contribution in [1.82, 2.24) is 5.32 Å². The largest absolute Gasteiger partial charge is 0.348 e. The molecule has 0 aromatic carbocycles. The van der Waals surface area contributed by atoms with Crippen LogP contribution in [0.4, 0.5) is 0 Å². The molecule has 3 heteroatoms. The third-order valence-electron chi connectivity index (χ3n) is 1.99. The van der Waals surface area contributed by atoms with E-state index in [-0.39, 0.29) is 11.9 Å². The average Bonchev–Trinajstić information content (AvgIpc) is 2.29. The van der Waals surface area contributed by atoms with Crippen molar-refractivity contribution >= 4 is 0 Å². The van der Waals surface area contributed by atoms with Gasteiger partial charge < -0.3 is 14.8 Å². The molecule has 3 nitrogen and oxygen atoms in total. The Labute approximate surface area is 80.8 Å². The van der Waals surface area contributed by atoms with Crippen molar-refractivity contribution in [3.05, 3.63) is 0 Å². The fourth-order valence-corrected chi connectivity index (χ4v) is 1.40. The zero-order valence-electron chi connectivity index (χ0n) is 9.09. The van der Waals surface area contributed by atoms with Gasteiger partial charge in [0.25, 0.3) is 0 Å². The van der Waals surface area contributed by atoms with Crippen molar-refractivity contribution in [3.63, 3.8) is 0 Å². The lowest BCUT2D eigenvalue weighted by molar-refractivity contribution is -0.137. The average molecular weight is 187 g/mol. The van der Waals surface area contributed by atoms with E-state index in [1.165, 1.54) is 0 Å². The molecule has 0 saturated carbocycles. The minimum absolute atomic E-state index is 0.216. The molecule has 1 rings (SSSR count). The number of rotatable bonds is 4. The first-order valence-corrected chi connectivity index (χ1v) is 5.02. The second kappa shape index (κ2) is 4.40. The van der Waals surface area contributed by atoms with Crippen LogP contribution in [0.5, 0.6) is 0 Å². The molecule has 1 aliphatic rings. The quantitative estimate of drug-likeness (QED) is 0.721. The molecule has 0 bridgehead atoms. The third kappa shape index (κ3) is 4.07. The van der Waals surface area contributed by atoms with Crippen LogP contribution in [-0.2, 0) is 9.47 Å². The van der Waals surface area contributed by atoms with Crippen molar-refractivity contribution in [3.8, 4) is 0 Å². The van der Waals surface area contributed by atoms with E-state index in [9.17, 15) is 0 Å². The van der Waals surface area contributed by atoms with Crippen LogP contribution in [-0.4, -0.2) is 31.6 Å². The second-order valence-electron chi connectivity index (χ2n) is 4.50. The van der Waals surface area contributed by atoms with Gasteiger partial charge in [-0.2, -0.15) is 0 Å². The summed E-state index contributed by atoms with van der Waals surface area (Å²) in [5, 5.41) is 3.36. The molecule has 0 aromatic rings. The second-order valence-corrected chi connectivity index (χ2v) is 4.50. The highest BCUT2D eigenvalue weighted by molar-refractivity contribution is 4.72. The van der Waals surface area contributed by atoms with Gasteiger partial charge in [-0.05, 0) is 26.3 Å². The van der Waals surface area contributed by atoms with Crippen LogP contribution in [0.3, 0.4) is 0 Å². The highest BCUT2D eigenvalue weighted by Crippen LogP contribution is 2.21. The lowest BCUT2D eigenvalue weighted by atomic mass is 10.2. The van der Waals surface area contributed by atoms with E-state index in [2.05, 4.69) is 19.2 Å². The molecule has 1 aliphatic heterocycles. The van der Waals surface area contributed by atoms with E-state index in [1.54, 1.807) is 0 Å². The van der Waals surface area contributed by atoms with Gasteiger partial charge in [0.2, 0.25) is 0 Å². The van der Waals surface area contributed by atoms with Crippen molar-refractivity contribution < 1.29 is 9.47 Å². The van der Waals surface area contributed by atoms with Gasteiger partial charge in [-0.1, -0.05) is 13.8 Å². The third-order valence-corrected chi connectivity index (χ3v) is 1.99. The summed E-state index contributed by atoms with van der Waals surface area (Å²) < 4.78 is 11.1. The van der Waals surface area contributed by atoms with Gasteiger partial charge in [0, 0.05) is 6.54 Å². The van der Waals surface area contributed by atoms with Gasteiger partial charge >= 0.3 is 0 Å². The van der Waals surface area contributed by atoms with Crippen LogP contribution in [0.2, 0.25) is 0 Å². The van der Waals surface area contributed by atoms with Crippen molar-refractivity contribution in [1.29, 1.82) is 0 Å². The number of ether oxygens (including phenoxy) is 2. The Bertz CT molecular complexity index is 157. The molecule has 0 spiro atoms. The first-order valence-electron chi connectivity index (χ1n) is 5.02.